The highest BCUT2D eigenvalue weighted by Crippen LogP contribution is 2.24. The maximum Gasteiger partial charge on any atom is 0.255 e. The summed E-state index contributed by atoms with van der Waals surface area (Å²) in [5.74, 6) is -0.820. The molecule has 114 valence electrons. The second kappa shape index (κ2) is 6.53. The van der Waals surface area contributed by atoms with Gasteiger partial charge in [0.25, 0.3) is 5.91 Å². The Hall–Kier alpha value is -2.47. The number of carbonyl (C=O) groups is 1. The number of rotatable bonds is 3. The maximum atomic E-state index is 13.9. The monoisotopic (exact) mass is 301 g/mol. The van der Waals surface area contributed by atoms with Gasteiger partial charge in [0.2, 0.25) is 0 Å². The Kier molecular flexibility index (Phi) is 4.29. The fourth-order valence-electron chi connectivity index (χ4n) is 2.33. The summed E-state index contributed by atoms with van der Waals surface area (Å²) in [5, 5.41) is 2.61. The summed E-state index contributed by atoms with van der Waals surface area (Å²) < 4.78 is 19.2. The van der Waals surface area contributed by atoms with Crippen LogP contribution in [0.4, 0.5) is 15.8 Å². The summed E-state index contributed by atoms with van der Waals surface area (Å²) in [4.78, 5) is 18.1. The molecule has 2 heterocycles. The zero-order valence-corrected chi connectivity index (χ0v) is 12.0. The van der Waals surface area contributed by atoms with Crippen LogP contribution in [0, 0.1) is 5.82 Å². The van der Waals surface area contributed by atoms with Gasteiger partial charge in [0.15, 0.2) is 0 Å². The second-order valence-corrected chi connectivity index (χ2v) is 4.95. The van der Waals surface area contributed by atoms with E-state index in [0.717, 1.165) is 18.8 Å². The fourth-order valence-corrected chi connectivity index (χ4v) is 2.33. The van der Waals surface area contributed by atoms with Crippen LogP contribution < -0.4 is 10.2 Å². The third kappa shape index (κ3) is 3.23. The molecule has 1 fully saturated rings. The number of hydrogen-bond acceptors (Lipinski definition) is 4. The van der Waals surface area contributed by atoms with Gasteiger partial charge in [0.05, 0.1) is 18.9 Å². The van der Waals surface area contributed by atoms with Crippen molar-refractivity contribution in [1.29, 1.82) is 0 Å². The molecule has 1 amide bonds. The van der Waals surface area contributed by atoms with E-state index in [2.05, 4.69) is 15.2 Å². The van der Waals surface area contributed by atoms with E-state index in [1.165, 1.54) is 18.5 Å². The van der Waals surface area contributed by atoms with Crippen LogP contribution in [-0.4, -0.2) is 37.2 Å². The molecule has 1 N–H and O–H groups in total. The third-order valence-corrected chi connectivity index (χ3v) is 3.52. The van der Waals surface area contributed by atoms with Gasteiger partial charge in [-0.1, -0.05) is 0 Å². The Balaban J connectivity index is 1.79. The number of anilines is 2. The average molecular weight is 301 g/mol. The lowest BCUT2D eigenvalue weighted by molar-refractivity contribution is 0.102. The normalized spacial score (nSPS) is 14.7. The lowest BCUT2D eigenvalue weighted by atomic mass is 10.2. The third-order valence-electron chi connectivity index (χ3n) is 3.52. The number of nitrogens with one attached hydrogen (secondary N) is 1. The van der Waals surface area contributed by atoms with Gasteiger partial charge in [-0.25, -0.2) is 4.39 Å². The van der Waals surface area contributed by atoms with E-state index in [4.69, 9.17) is 4.74 Å². The Labute approximate surface area is 127 Å². The number of hydrogen-bond donors (Lipinski definition) is 1. The van der Waals surface area contributed by atoms with Crippen LogP contribution >= 0.6 is 0 Å². The van der Waals surface area contributed by atoms with Crippen LogP contribution in [0.1, 0.15) is 10.4 Å². The molecule has 2 aromatic rings. The lowest BCUT2D eigenvalue weighted by Gasteiger charge is -2.29. The van der Waals surface area contributed by atoms with E-state index < -0.39 is 5.82 Å². The molecule has 22 heavy (non-hydrogen) atoms. The first-order chi connectivity index (χ1) is 10.7. The largest absolute Gasteiger partial charge is 0.378 e. The van der Waals surface area contributed by atoms with E-state index in [1.807, 2.05) is 0 Å². The highest BCUT2D eigenvalue weighted by molar-refractivity contribution is 6.04. The molecule has 1 saturated heterocycles. The van der Waals surface area contributed by atoms with Crippen LogP contribution in [0.2, 0.25) is 0 Å². The summed E-state index contributed by atoms with van der Waals surface area (Å²) in [6, 6.07) is 7.90. The highest BCUT2D eigenvalue weighted by Gasteiger charge is 2.15. The van der Waals surface area contributed by atoms with Gasteiger partial charge >= 0.3 is 0 Å². The number of pyridine rings is 1. The van der Waals surface area contributed by atoms with Gasteiger partial charge in [-0.15, -0.1) is 0 Å². The van der Waals surface area contributed by atoms with Crippen molar-refractivity contribution < 1.29 is 13.9 Å². The molecule has 1 aliphatic heterocycles. The summed E-state index contributed by atoms with van der Waals surface area (Å²) in [6.07, 6.45) is 3.05. The first-order valence-corrected chi connectivity index (χ1v) is 7.07. The van der Waals surface area contributed by atoms with Crippen molar-refractivity contribution in [3.8, 4) is 0 Å². The Morgan fingerprint density at radius 1 is 1.18 bits per heavy atom. The van der Waals surface area contributed by atoms with Gasteiger partial charge in [-0.05, 0) is 30.3 Å². The molecule has 0 atom stereocenters. The number of aromatic nitrogens is 1. The Morgan fingerprint density at radius 3 is 2.64 bits per heavy atom. The molecular weight excluding hydrogens is 285 g/mol. The van der Waals surface area contributed by atoms with Crippen molar-refractivity contribution in [3.05, 3.63) is 54.1 Å². The SMILES string of the molecule is O=C(Nc1cc(N2CCOCC2)ccc1F)c1ccncc1. The van der Waals surface area contributed by atoms with Gasteiger partial charge in [-0.3, -0.25) is 9.78 Å². The number of halogens is 1. The van der Waals surface area contributed by atoms with Gasteiger partial charge < -0.3 is 15.0 Å². The molecule has 1 aromatic carbocycles. The van der Waals surface area contributed by atoms with Crippen molar-refractivity contribution >= 4 is 17.3 Å². The molecule has 5 nitrogen and oxygen atoms in total. The number of morpholine rings is 1. The van der Waals surface area contributed by atoms with Gasteiger partial charge in [-0.2, -0.15) is 0 Å². The molecule has 6 heteroatoms. The molecule has 0 aliphatic carbocycles. The first-order valence-electron chi connectivity index (χ1n) is 7.07. The topological polar surface area (TPSA) is 54.5 Å². The standard InChI is InChI=1S/C16H16FN3O2/c17-14-2-1-13(20-7-9-22-10-8-20)11-15(14)19-16(21)12-3-5-18-6-4-12/h1-6,11H,7-10H2,(H,19,21). The fraction of sp³-hybridized carbons (Fsp3) is 0.250. The lowest BCUT2D eigenvalue weighted by Crippen LogP contribution is -2.36. The summed E-state index contributed by atoms with van der Waals surface area (Å²) >= 11 is 0. The Morgan fingerprint density at radius 2 is 1.91 bits per heavy atom. The van der Waals surface area contributed by atoms with Crippen LogP contribution in [0.25, 0.3) is 0 Å². The van der Waals surface area contributed by atoms with Crippen molar-refractivity contribution in [2.45, 2.75) is 0 Å². The smallest absolute Gasteiger partial charge is 0.255 e. The predicted octanol–water partition coefficient (Wildman–Crippen LogP) is 2.31. The summed E-state index contributed by atoms with van der Waals surface area (Å²) in [5.41, 5.74) is 1.48. The van der Waals surface area contributed by atoms with Crippen LogP contribution in [0.3, 0.4) is 0 Å². The molecule has 0 spiro atoms. The number of nitrogens with zero attached hydrogens (tertiary/aromatic N) is 2. The summed E-state index contributed by atoms with van der Waals surface area (Å²) in [7, 11) is 0. The second-order valence-electron chi connectivity index (χ2n) is 4.95. The average Bonchev–Trinajstić information content (AvgIpc) is 2.58. The minimum atomic E-state index is -0.459. The van der Waals surface area contributed by atoms with Crippen molar-refractivity contribution in [3.63, 3.8) is 0 Å². The van der Waals surface area contributed by atoms with E-state index in [0.29, 0.717) is 18.8 Å². The number of ether oxygens (including phenoxy) is 1. The zero-order chi connectivity index (χ0) is 15.4. The van der Waals surface area contributed by atoms with E-state index >= 15 is 0 Å². The number of benzene rings is 1. The molecule has 1 aromatic heterocycles. The highest BCUT2D eigenvalue weighted by atomic mass is 19.1. The molecule has 3 rings (SSSR count). The number of amides is 1. The molecule has 0 bridgehead atoms. The zero-order valence-electron chi connectivity index (χ0n) is 12.0. The summed E-state index contributed by atoms with van der Waals surface area (Å²) in [6.45, 7) is 2.80. The van der Waals surface area contributed by atoms with Crippen LogP contribution in [0.15, 0.2) is 42.7 Å². The molecular formula is C16H16FN3O2. The van der Waals surface area contributed by atoms with E-state index in [-0.39, 0.29) is 11.6 Å². The van der Waals surface area contributed by atoms with Gasteiger partial charge in [0.1, 0.15) is 5.82 Å². The molecule has 0 saturated carbocycles. The maximum absolute atomic E-state index is 13.9. The minimum absolute atomic E-state index is 0.172. The molecule has 0 unspecified atom stereocenters. The predicted molar refractivity (Wildman–Crippen MR) is 81.6 cm³/mol. The van der Waals surface area contributed by atoms with Gasteiger partial charge in [0, 0.05) is 36.7 Å². The minimum Gasteiger partial charge on any atom is -0.378 e. The molecule has 1 aliphatic rings. The first kappa shape index (κ1) is 14.5. The van der Waals surface area contributed by atoms with E-state index in [9.17, 15) is 9.18 Å². The molecule has 0 radical (unpaired) electrons. The Bertz CT molecular complexity index is 658. The number of carbonyl (C=O) groups excluding carboxylic acids is 1. The van der Waals surface area contributed by atoms with Crippen molar-refractivity contribution in [2.75, 3.05) is 36.5 Å². The van der Waals surface area contributed by atoms with Crippen molar-refractivity contribution in [1.82, 2.24) is 4.98 Å². The van der Waals surface area contributed by atoms with Crippen LogP contribution in [0.5, 0.6) is 0 Å². The van der Waals surface area contributed by atoms with Crippen molar-refractivity contribution in [2.24, 2.45) is 0 Å². The quantitative estimate of drug-likeness (QED) is 0.945. The van der Waals surface area contributed by atoms with Crippen LogP contribution in [-0.2, 0) is 4.74 Å². The van der Waals surface area contributed by atoms with E-state index in [1.54, 1.807) is 24.3 Å².